The van der Waals surface area contributed by atoms with Crippen molar-refractivity contribution in [3.8, 4) is 0 Å². The number of likely N-dealkylation sites (tertiary alicyclic amines) is 1. The van der Waals surface area contributed by atoms with Crippen molar-refractivity contribution in [3.05, 3.63) is 53.9 Å². The molecule has 2 aromatic rings. The molecule has 1 N–H and O–H groups in total. The highest BCUT2D eigenvalue weighted by Gasteiger charge is 2.41. The van der Waals surface area contributed by atoms with E-state index < -0.39 is 11.9 Å². The van der Waals surface area contributed by atoms with Crippen LogP contribution in [-0.4, -0.2) is 44.8 Å². The number of carboxylic acid groups (broad SMARTS) is 1. The molecule has 0 radical (unpaired) electrons. The smallest absolute Gasteiger partial charge is 0.308 e. The summed E-state index contributed by atoms with van der Waals surface area (Å²) in [6.07, 6.45) is 6.51. The number of hydrogen-bond donors (Lipinski definition) is 1. The second kappa shape index (κ2) is 6.94. The number of aromatic nitrogens is 2. The number of carbonyl (C=O) groups excluding carboxylic acids is 1. The second-order valence-electron chi connectivity index (χ2n) is 7.29. The molecule has 1 aromatic carbocycles. The summed E-state index contributed by atoms with van der Waals surface area (Å²) in [6.45, 7) is 0.639. The van der Waals surface area contributed by atoms with E-state index in [0.717, 1.165) is 18.4 Å². The third-order valence-electron chi connectivity index (χ3n) is 5.68. The highest BCUT2D eigenvalue weighted by Crippen LogP contribution is 2.34. The highest BCUT2D eigenvalue weighted by molar-refractivity contribution is 5.93. The Hall–Kier alpha value is -2.63. The van der Waals surface area contributed by atoms with Crippen LogP contribution in [0.5, 0.6) is 0 Å². The van der Waals surface area contributed by atoms with E-state index in [1.807, 2.05) is 41.2 Å². The number of aliphatic carboxylic acids is 1. The number of amides is 1. The van der Waals surface area contributed by atoms with Gasteiger partial charge in [0.25, 0.3) is 5.91 Å². The van der Waals surface area contributed by atoms with Gasteiger partial charge in [0.05, 0.1) is 12.0 Å². The van der Waals surface area contributed by atoms with Gasteiger partial charge >= 0.3 is 5.97 Å². The predicted octanol–water partition coefficient (Wildman–Crippen LogP) is 2.94. The van der Waals surface area contributed by atoms with E-state index in [4.69, 9.17) is 0 Å². The topological polar surface area (TPSA) is 75.4 Å². The summed E-state index contributed by atoms with van der Waals surface area (Å²) in [6, 6.07) is 11.7. The summed E-state index contributed by atoms with van der Waals surface area (Å²) >= 11 is 0. The van der Waals surface area contributed by atoms with Crippen LogP contribution in [-0.2, 0) is 4.79 Å². The van der Waals surface area contributed by atoms with Crippen LogP contribution in [0.4, 0.5) is 0 Å². The largest absolute Gasteiger partial charge is 0.481 e. The second-order valence-corrected chi connectivity index (χ2v) is 7.29. The molecule has 1 saturated carbocycles. The van der Waals surface area contributed by atoms with Crippen molar-refractivity contribution < 1.29 is 14.7 Å². The average Bonchev–Trinajstić information content (AvgIpc) is 3.41. The number of rotatable bonds is 4. The van der Waals surface area contributed by atoms with Crippen molar-refractivity contribution in [1.82, 2.24) is 14.7 Å². The van der Waals surface area contributed by atoms with E-state index in [2.05, 4.69) is 5.10 Å². The van der Waals surface area contributed by atoms with Crippen molar-refractivity contribution in [1.29, 1.82) is 0 Å². The molecule has 4 rings (SSSR count). The van der Waals surface area contributed by atoms with E-state index in [-0.39, 0.29) is 18.4 Å². The van der Waals surface area contributed by atoms with Crippen molar-refractivity contribution in [2.75, 3.05) is 13.1 Å². The van der Waals surface area contributed by atoms with Gasteiger partial charge in [-0.05, 0) is 24.5 Å². The van der Waals surface area contributed by atoms with Crippen LogP contribution in [0.15, 0.2) is 42.6 Å². The Morgan fingerprint density at radius 3 is 2.46 bits per heavy atom. The van der Waals surface area contributed by atoms with Crippen LogP contribution < -0.4 is 0 Å². The SMILES string of the molecule is O=C(O)[C@@H]1CN(C(=O)c2ccn(C3CCCC3)n2)C[C@@H]1c1ccccc1. The van der Waals surface area contributed by atoms with E-state index in [9.17, 15) is 14.7 Å². The Morgan fingerprint density at radius 1 is 1.04 bits per heavy atom. The molecule has 1 aliphatic heterocycles. The molecule has 0 bridgehead atoms. The maximum atomic E-state index is 12.9. The number of carboxylic acids is 1. The summed E-state index contributed by atoms with van der Waals surface area (Å²) in [4.78, 5) is 26.2. The molecule has 1 amide bonds. The summed E-state index contributed by atoms with van der Waals surface area (Å²) in [5.41, 5.74) is 1.38. The molecule has 2 heterocycles. The van der Waals surface area contributed by atoms with Gasteiger partial charge in [-0.15, -0.1) is 0 Å². The van der Waals surface area contributed by atoms with Crippen LogP contribution >= 0.6 is 0 Å². The maximum absolute atomic E-state index is 12.9. The minimum atomic E-state index is -0.856. The average molecular weight is 353 g/mol. The lowest BCUT2D eigenvalue weighted by Crippen LogP contribution is -2.30. The zero-order valence-electron chi connectivity index (χ0n) is 14.6. The molecule has 136 valence electrons. The number of benzene rings is 1. The quantitative estimate of drug-likeness (QED) is 0.917. The van der Waals surface area contributed by atoms with Crippen molar-refractivity contribution in [3.63, 3.8) is 0 Å². The van der Waals surface area contributed by atoms with Crippen LogP contribution in [0.3, 0.4) is 0 Å². The third kappa shape index (κ3) is 3.11. The highest BCUT2D eigenvalue weighted by atomic mass is 16.4. The van der Waals surface area contributed by atoms with E-state index in [1.54, 1.807) is 11.0 Å². The van der Waals surface area contributed by atoms with Gasteiger partial charge in [-0.25, -0.2) is 0 Å². The third-order valence-corrected chi connectivity index (χ3v) is 5.68. The van der Waals surface area contributed by atoms with Crippen molar-refractivity contribution >= 4 is 11.9 Å². The molecule has 6 heteroatoms. The summed E-state index contributed by atoms with van der Waals surface area (Å²) in [7, 11) is 0. The van der Waals surface area contributed by atoms with Gasteiger partial charge in [0.15, 0.2) is 0 Å². The molecular weight excluding hydrogens is 330 g/mol. The molecule has 0 unspecified atom stereocenters. The predicted molar refractivity (Wildman–Crippen MR) is 95.9 cm³/mol. The van der Waals surface area contributed by atoms with Crippen molar-refractivity contribution in [2.45, 2.75) is 37.6 Å². The fourth-order valence-electron chi connectivity index (χ4n) is 4.24. The Labute approximate surface area is 152 Å². The molecule has 1 saturated heterocycles. The Bertz CT molecular complexity index is 796. The zero-order chi connectivity index (χ0) is 18.1. The first-order valence-electron chi connectivity index (χ1n) is 9.25. The van der Waals surface area contributed by atoms with Gasteiger partial charge in [0, 0.05) is 25.2 Å². The number of nitrogens with zero attached hydrogens (tertiary/aromatic N) is 3. The number of hydrogen-bond acceptors (Lipinski definition) is 3. The monoisotopic (exact) mass is 353 g/mol. The standard InChI is InChI=1S/C20H23N3O3/c24-19(18-10-11-23(21-18)15-8-4-5-9-15)22-12-16(17(13-22)20(25)26)14-6-2-1-3-7-14/h1-3,6-7,10-11,15-17H,4-5,8-9,12-13H2,(H,25,26)/t16-,17-/m1/s1. The maximum Gasteiger partial charge on any atom is 0.308 e. The van der Waals surface area contributed by atoms with E-state index in [1.165, 1.54) is 12.8 Å². The molecule has 1 aromatic heterocycles. The zero-order valence-corrected chi connectivity index (χ0v) is 14.6. The van der Waals surface area contributed by atoms with Gasteiger partial charge < -0.3 is 10.0 Å². The first-order chi connectivity index (χ1) is 12.6. The Morgan fingerprint density at radius 2 is 1.77 bits per heavy atom. The van der Waals surface area contributed by atoms with Gasteiger partial charge in [-0.2, -0.15) is 5.10 Å². The lowest BCUT2D eigenvalue weighted by atomic mass is 9.89. The summed E-state index contributed by atoms with van der Waals surface area (Å²) in [5.74, 6) is -1.80. The molecule has 2 atom stereocenters. The minimum Gasteiger partial charge on any atom is -0.481 e. The van der Waals surface area contributed by atoms with E-state index >= 15 is 0 Å². The summed E-state index contributed by atoms with van der Waals surface area (Å²) < 4.78 is 1.90. The molecule has 0 spiro atoms. The van der Waals surface area contributed by atoms with E-state index in [0.29, 0.717) is 18.3 Å². The minimum absolute atomic E-state index is 0.175. The molecule has 2 fully saturated rings. The van der Waals surface area contributed by atoms with Gasteiger partial charge in [-0.1, -0.05) is 43.2 Å². The van der Waals surface area contributed by atoms with Crippen LogP contribution in [0.25, 0.3) is 0 Å². The lowest BCUT2D eigenvalue weighted by Gasteiger charge is -2.15. The number of carbonyl (C=O) groups is 2. The van der Waals surface area contributed by atoms with Crippen molar-refractivity contribution in [2.24, 2.45) is 5.92 Å². The first kappa shape index (κ1) is 16.8. The normalized spacial score (nSPS) is 23.5. The van der Waals surface area contributed by atoms with Crippen LogP contribution in [0.1, 0.15) is 53.7 Å². The molecular formula is C20H23N3O3. The Kier molecular flexibility index (Phi) is 4.49. The fraction of sp³-hybridized carbons (Fsp3) is 0.450. The lowest BCUT2D eigenvalue weighted by molar-refractivity contribution is -0.141. The van der Waals surface area contributed by atoms with Gasteiger partial charge in [0.2, 0.25) is 0 Å². The van der Waals surface area contributed by atoms with Crippen LogP contribution in [0.2, 0.25) is 0 Å². The molecule has 6 nitrogen and oxygen atoms in total. The molecule has 2 aliphatic rings. The molecule has 26 heavy (non-hydrogen) atoms. The Balaban J connectivity index is 1.52. The summed E-state index contributed by atoms with van der Waals surface area (Å²) in [5, 5.41) is 14.1. The fourth-order valence-corrected chi connectivity index (χ4v) is 4.24. The molecule has 1 aliphatic carbocycles. The van der Waals surface area contributed by atoms with Gasteiger partial charge in [0.1, 0.15) is 5.69 Å². The van der Waals surface area contributed by atoms with Crippen LogP contribution in [0, 0.1) is 5.92 Å². The van der Waals surface area contributed by atoms with Gasteiger partial charge in [-0.3, -0.25) is 14.3 Å². The first-order valence-corrected chi connectivity index (χ1v) is 9.25.